The average molecular weight is 328 g/mol. The molecule has 1 aromatic heterocycles. The Morgan fingerprint density at radius 1 is 0.960 bits per heavy atom. The Bertz CT molecular complexity index is 881. The van der Waals surface area contributed by atoms with Crippen LogP contribution in [0.3, 0.4) is 0 Å². The van der Waals surface area contributed by atoms with Crippen molar-refractivity contribution in [1.82, 2.24) is 4.98 Å². The molecule has 0 aliphatic rings. The fourth-order valence-electron chi connectivity index (χ4n) is 2.58. The van der Waals surface area contributed by atoms with E-state index >= 15 is 0 Å². The Morgan fingerprint density at radius 3 is 2.12 bits per heavy atom. The van der Waals surface area contributed by atoms with Gasteiger partial charge >= 0.3 is 0 Å². The van der Waals surface area contributed by atoms with E-state index in [-0.39, 0.29) is 0 Å². The molecule has 0 bridgehead atoms. The molecule has 0 aliphatic carbocycles. The molecule has 0 saturated carbocycles. The van der Waals surface area contributed by atoms with Crippen LogP contribution >= 0.6 is 0 Å². The first-order valence-corrected chi connectivity index (χ1v) is 8.38. The summed E-state index contributed by atoms with van der Waals surface area (Å²) in [5, 5.41) is 9.72. The Labute approximate surface area is 148 Å². The summed E-state index contributed by atoms with van der Waals surface area (Å²) in [6.45, 7) is 4.67. The molecule has 0 saturated heterocycles. The van der Waals surface area contributed by atoms with Gasteiger partial charge in [-0.05, 0) is 17.5 Å². The van der Waals surface area contributed by atoms with Crippen molar-refractivity contribution in [3.05, 3.63) is 72.3 Å². The quantitative estimate of drug-likeness (QED) is 0.636. The van der Waals surface area contributed by atoms with Gasteiger partial charge in [0.25, 0.3) is 0 Å². The van der Waals surface area contributed by atoms with Crippen molar-refractivity contribution in [2.24, 2.45) is 5.92 Å². The minimum atomic E-state index is 0.355. The lowest BCUT2D eigenvalue weighted by Crippen LogP contribution is -2.08. The van der Waals surface area contributed by atoms with E-state index < -0.39 is 0 Å². The van der Waals surface area contributed by atoms with Gasteiger partial charge in [-0.25, -0.2) is 4.98 Å². The first-order valence-electron chi connectivity index (χ1n) is 8.38. The molecular formula is C22H20N2O. The zero-order chi connectivity index (χ0) is 17.6. The third kappa shape index (κ3) is 3.87. The van der Waals surface area contributed by atoms with Crippen molar-refractivity contribution in [2.45, 2.75) is 13.8 Å². The number of hydrogen-bond acceptors (Lipinski definition) is 3. The molecule has 0 N–H and O–H groups in total. The maximum atomic E-state index is 9.72. The molecule has 0 fully saturated rings. The summed E-state index contributed by atoms with van der Waals surface area (Å²) < 4.78 is 5.88. The van der Waals surface area contributed by atoms with Gasteiger partial charge in [-0.15, -0.1) is 0 Å². The summed E-state index contributed by atoms with van der Waals surface area (Å²) in [4.78, 5) is 4.63. The highest BCUT2D eigenvalue weighted by molar-refractivity contribution is 5.77. The van der Waals surface area contributed by atoms with Crippen LogP contribution in [0.4, 0.5) is 0 Å². The Kier molecular flexibility index (Phi) is 5.11. The monoisotopic (exact) mass is 328 g/mol. The summed E-state index contributed by atoms with van der Waals surface area (Å²) in [5.74, 6) is 0.755. The summed E-state index contributed by atoms with van der Waals surface area (Å²) in [5.41, 5.74) is 4.10. The van der Waals surface area contributed by atoms with Gasteiger partial charge in [0.15, 0.2) is 0 Å². The second-order valence-electron chi connectivity index (χ2n) is 6.28. The largest absolute Gasteiger partial charge is 0.476 e. The van der Waals surface area contributed by atoms with Gasteiger partial charge in [0.05, 0.1) is 12.3 Å². The second kappa shape index (κ2) is 7.63. The Balaban J connectivity index is 2.18. The van der Waals surface area contributed by atoms with Crippen LogP contribution in [0.2, 0.25) is 0 Å². The third-order valence-electron chi connectivity index (χ3n) is 3.81. The molecule has 0 aliphatic heterocycles. The van der Waals surface area contributed by atoms with Crippen LogP contribution < -0.4 is 4.74 Å². The van der Waals surface area contributed by atoms with Crippen LogP contribution in [-0.4, -0.2) is 11.6 Å². The van der Waals surface area contributed by atoms with Crippen molar-refractivity contribution in [3.8, 4) is 34.3 Å². The molecule has 3 heteroatoms. The van der Waals surface area contributed by atoms with Crippen LogP contribution in [-0.2, 0) is 0 Å². The Morgan fingerprint density at radius 2 is 1.56 bits per heavy atom. The first-order chi connectivity index (χ1) is 12.2. The molecule has 3 aromatic rings. The third-order valence-corrected chi connectivity index (χ3v) is 3.81. The minimum absolute atomic E-state index is 0.355. The van der Waals surface area contributed by atoms with Crippen molar-refractivity contribution in [1.29, 1.82) is 5.26 Å². The van der Waals surface area contributed by atoms with Gasteiger partial charge in [0, 0.05) is 11.1 Å². The molecule has 0 atom stereocenters. The van der Waals surface area contributed by atoms with E-state index in [0.29, 0.717) is 24.0 Å². The molecule has 3 nitrogen and oxygen atoms in total. The van der Waals surface area contributed by atoms with Gasteiger partial charge in [-0.2, -0.15) is 5.26 Å². The maximum Gasteiger partial charge on any atom is 0.232 e. The number of rotatable bonds is 5. The molecule has 25 heavy (non-hydrogen) atoms. The van der Waals surface area contributed by atoms with Crippen LogP contribution in [0.5, 0.6) is 5.88 Å². The minimum Gasteiger partial charge on any atom is -0.476 e. The highest BCUT2D eigenvalue weighted by Crippen LogP contribution is 2.33. The summed E-state index contributed by atoms with van der Waals surface area (Å²) in [6.07, 6.45) is 0. The van der Waals surface area contributed by atoms with Gasteiger partial charge in [0.1, 0.15) is 11.6 Å². The molecular weight excluding hydrogens is 308 g/mol. The first kappa shape index (κ1) is 16.7. The topological polar surface area (TPSA) is 45.9 Å². The standard InChI is InChI=1S/C22H20N2O/c1-16(2)15-25-22-20(14-23)19(17-9-5-3-6-10-17)13-21(24-22)18-11-7-4-8-12-18/h3-13,16H,15H2,1-2H3. The number of nitrogens with zero attached hydrogens (tertiary/aromatic N) is 2. The summed E-state index contributed by atoms with van der Waals surface area (Å²) in [7, 11) is 0. The Hall–Kier alpha value is -3.12. The number of benzene rings is 2. The molecule has 0 spiro atoms. The zero-order valence-electron chi connectivity index (χ0n) is 14.4. The highest BCUT2D eigenvalue weighted by atomic mass is 16.5. The van der Waals surface area contributed by atoms with Gasteiger partial charge in [-0.3, -0.25) is 0 Å². The number of aromatic nitrogens is 1. The predicted octanol–water partition coefficient (Wildman–Crippen LogP) is 5.32. The summed E-state index contributed by atoms with van der Waals surface area (Å²) in [6, 6.07) is 24.1. The lowest BCUT2D eigenvalue weighted by atomic mass is 9.99. The summed E-state index contributed by atoms with van der Waals surface area (Å²) >= 11 is 0. The van der Waals surface area contributed by atoms with Crippen molar-refractivity contribution < 1.29 is 4.74 Å². The average Bonchev–Trinajstić information content (AvgIpc) is 2.67. The second-order valence-corrected chi connectivity index (χ2v) is 6.28. The van der Waals surface area contributed by atoms with E-state index in [0.717, 1.165) is 22.4 Å². The predicted molar refractivity (Wildman–Crippen MR) is 100 cm³/mol. The lowest BCUT2D eigenvalue weighted by Gasteiger charge is -2.14. The zero-order valence-corrected chi connectivity index (χ0v) is 14.4. The van der Waals surface area contributed by atoms with Crippen molar-refractivity contribution >= 4 is 0 Å². The molecule has 124 valence electrons. The van der Waals surface area contributed by atoms with E-state index in [1.165, 1.54) is 0 Å². The number of ether oxygens (including phenoxy) is 1. The molecule has 0 unspecified atom stereocenters. The van der Waals surface area contributed by atoms with Crippen LogP contribution in [0, 0.1) is 17.2 Å². The maximum absolute atomic E-state index is 9.72. The van der Waals surface area contributed by atoms with E-state index in [9.17, 15) is 5.26 Å². The van der Waals surface area contributed by atoms with Gasteiger partial charge < -0.3 is 4.74 Å². The van der Waals surface area contributed by atoms with Crippen LogP contribution in [0.25, 0.3) is 22.4 Å². The lowest BCUT2D eigenvalue weighted by molar-refractivity contribution is 0.261. The SMILES string of the molecule is CC(C)COc1nc(-c2ccccc2)cc(-c2ccccc2)c1C#N. The highest BCUT2D eigenvalue weighted by Gasteiger charge is 2.16. The van der Waals surface area contributed by atoms with E-state index in [1.54, 1.807) is 0 Å². The number of hydrogen-bond donors (Lipinski definition) is 0. The molecule has 0 amide bonds. The van der Waals surface area contributed by atoms with Crippen LogP contribution in [0.1, 0.15) is 19.4 Å². The fraction of sp³-hybridized carbons (Fsp3) is 0.182. The number of nitriles is 1. The smallest absolute Gasteiger partial charge is 0.232 e. The van der Waals surface area contributed by atoms with Crippen molar-refractivity contribution in [2.75, 3.05) is 6.61 Å². The van der Waals surface area contributed by atoms with Crippen molar-refractivity contribution in [3.63, 3.8) is 0 Å². The number of pyridine rings is 1. The molecule has 0 radical (unpaired) electrons. The normalized spacial score (nSPS) is 10.5. The van der Waals surface area contributed by atoms with E-state index in [2.05, 4.69) is 24.9 Å². The fourth-order valence-corrected chi connectivity index (χ4v) is 2.58. The molecule has 3 rings (SSSR count). The van der Waals surface area contributed by atoms with Gasteiger partial charge in [-0.1, -0.05) is 74.5 Å². The van der Waals surface area contributed by atoms with E-state index in [1.807, 2.05) is 66.7 Å². The molecule has 1 heterocycles. The van der Waals surface area contributed by atoms with Gasteiger partial charge in [0.2, 0.25) is 5.88 Å². The molecule has 2 aromatic carbocycles. The van der Waals surface area contributed by atoms with E-state index in [4.69, 9.17) is 4.74 Å². The van der Waals surface area contributed by atoms with Crippen LogP contribution in [0.15, 0.2) is 66.7 Å².